The van der Waals surface area contributed by atoms with Crippen LogP contribution in [0.2, 0.25) is 0 Å². The van der Waals surface area contributed by atoms with Crippen LogP contribution in [0.25, 0.3) is 0 Å². The van der Waals surface area contributed by atoms with Crippen LogP contribution in [-0.4, -0.2) is 40.3 Å². The number of fused-ring (bicyclic) bond motifs is 1. The van der Waals surface area contributed by atoms with Gasteiger partial charge in [-0.1, -0.05) is 30.3 Å². The van der Waals surface area contributed by atoms with Gasteiger partial charge < -0.3 is 4.90 Å². The van der Waals surface area contributed by atoms with Gasteiger partial charge in [-0.2, -0.15) is 0 Å². The predicted molar refractivity (Wildman–Crippen MR) is 100 cm³/mol. The van der Waals surface area contributed by atoms with E-state index >= 15 is 0 Å². The number of hydrogen-bond acceptors (Lipinski definition) is 4. The zero-order valence-corrected chi connectivity index (χ0v) is 15.9. The van der Waals surface area contributed by atoms with Crippen molar-refractivity contribution in [2.75, 3.05) is 19.6 Å². The van der Waals surface area contributed by atoms with Gasteiger partial charge in [0, 0.05) is 43.9 Å². The average Bonchev–Trinajstić information content (AvgIpc) is 3.21. The molecule has 0 unspecified atom stereocenters. The summed E-state index contributed by atoms with van der Waals surface area (Å²) in [6.45, 7) is 9.91. The summed E-state index contributed by atoms with van der Waals surface area (Å²) in [7, 11) is 0. The molecule has 1 aromatic heterocycles. The zero-order chi connectivity index (χ0) is 17.6. The molecule has 0 saturated carbocycles. The van der Waals surface area contributed by atoms with Crippen LogP contribution in [0.5, 0.6) is 0 Å². The average molecular weight is 356 g/mol. The number of carbonyl (C=O) groups is 1. The van der Waals surface area contributed by atoms with Crippen LogP contribution in [0, 0.1) is 25.7 Å². The molecule has 0 radical (unpaired) electrons. The minimum atomic E-state index is 0.198. The Hall–Kier alpha value is -1.72. The molecule has 2 saturated heterocycles. The van der Waals surface area contributed by atoms with E-state index in [4.69, 9.17) is 0 Å². The first-order valence-electron chi connectivity index (χ1n) is 9.00. The van der Waals surface area contributed by atoms with E-state index in [0.717, 1.165) is 31.2 Å². The van der Waals surface area contributed by atoms with Crippen LogP contribution in [0.3, 0.4) is 0 Å². The van der Waals surface area contributed by atoms with Crippen LogP contribution in [0.4, 0.5) is 0 Å². The number of thiazole rings is 1. The Kier molecular flexibility index (Phi) is 4.38. The van der Waals surface area contributed by atoms with Crippen molar-refractivity contribution in [1.82, 2.24) is 14.8 Å². The van der Waals surface area contributed by atoms with E-state index < -0.39 is 0 Å². The summed E-state index contributed by atoms with van der Waals surface area (Å²) < 4.78 is 0. The molecule has 132 valence electrons. The van der Waals surface area contributed by atoms with Crippen molar-refractivity contribution >= 4 is 17.2 Å². The summed E-state index contributed by atoms with van der Waals surface area (Å²) in [5.41, 5.74) is 2.45. The van der Waals surface area contributed by atoms with Crippen LogP contribution >= 0.6 is 11.3 Å². The molecule has 3 heterocycles. The molecule has 2 fully saturated rings. The van der Waals surface area contributed by atoms with Gasteiger partial charge in [-0.15, -0.1) is 11.3 Å². The first kappa shape index (κ1) is 16.7. The summed E-state index contributed by atoms with van der Waals surface area (Å²) in [5, 5.41) is 1.15. The number of aryl methyl sites for hydroxylation is 2. The molecule has 0 aliphatic carbocycles. The van der Waals surface area contributed by atoms with Gasteiger partial charge in [0.15, 0.2) is 0 Å². The number of aromatic nitrogens is 1. The summed E-state index contributed by atoms with van der Waals surface area (Å²) in [4.78, 5) is 22.8. The molecule has 2 aromatic rings. The first-order valence-corrected chi connectivity index (χ1v) is 9.82. The van der Waals surface area contributed by atoms with E-state index in [1.807, 2.05) is 17.4 Å². The highest BCUT2D eigenvalue weighted by molar-refractivity contribution is 7.11. The largest absolute Gasteiger partial charge is 0.335 e. The van der Waals surface area contributed by atoms with Crippen molar-refractivity contribution in [3.8, 4) is 0 Å². The molecule has 1 amide bonds. The Balaban J connectivity index is 1.54. The second-order valence-corrected chi connectivity index (χ2v) is 8.67. The summed E-state index contributed by atoms with van der Waals surface area (Å²) >= 11 is 1.81. The minimum absolute atomic E-state index is 0.198. The first-order chi connectivity index (χ1) is 12.0. The molecular formula is C20H25N3OS. The Morgan fingerprint density at radius 2 is 1.96 bits per heavy atom. The normalized spacial score (nSPS) is 26.2. The number of rotatable bonds is 3. The molecule has 0 bridgehead atoms. The number of amides is 1. The Labute approximate surface area is 153 Å². The van der Waals surface area contributed by atoms with E-state index in [1.54, 1.807) is 6.92 Å². The third-order valence-electron chi connectivity index (χ3n) is 5.65. The lowest BCUT2D eigenvalue weighted by atomic mass is 9.89. The van der Waals surface area contributed by atoms with Gasteiger partial charge in [0.25, 0.3) is 0 Å². The highest BCUT2D eigenvalue weighted by atomic mass is 32.1. The molecule has 0 spiro atoms. The number of hydrogen-bond donors (Lipinski definition) is 0. The highest BCUT2D eigenvalue weighted by Crippen LogP contribution is 2.45. The monoisotopic (exact) mass is 355 g/mol. The molecule has 4 nitrogen and oxygen atoms in total. The Bertz CT molecular complexity index is 773. The lowest BCUT2D eigenvalue weighted by molar-refractivity contribution is -0.130. The standard InChI is InChI=1S/C20H25N3OS/c1-13-19(25-14(2)21-13)12-22-9-17-10-23(15(3)24)20(18(17)11-22)16-7-5-4-6-8-16/h4-8,17-18,20H,9-12H2,1-3H3/t17-,18-,20-/m1/s1. The Morgan fingerprint density at radius 1 is 1.20 bits per heavy atom. The van der Waals surface area contributed by atoms with Crippen molar-refractivity contribution in [1.29, 1.82) is 0 Å². The fourth-order valence-electron chi connectivity index (χ4n) is 4.59. The van der Waals surface area contributed by atoms with Gasteiger partial charge in [-0.25, -0.2) is 4.98 Å². The molecule has 1 aromatic carbocycles. The van der Waals surface area contributed by atoms with Gasteiger partial charge in [-0.3, -0.25) is 9.69 Å². The number of benzene rings is 1. The molecule has 25 heavy (non-hydrogen) atoms. The van der Waals surface area contributed by atoms with Gasteiger partial charge >= 0.3 is 0 Å². The molecule has 4 rings (SSSR count). The van der Waals surface area contributed by atoms with E-state index in [-0.39, 0.29) is 11.9 Å². The minimum Gasteiger partial charge on any atom is -0.335 e. The Morgan fingerprint density at radius 3 is 2.60 bits per heavy atom. The van der Waals surface area contributed by atoms with Crippen molar-refractivity contribution in [2.45, 2.75) is 33.4 Å². The van der Waals surface area contributed by atoms with Crippen molar-refractivity contribution in [2.24, 2.45) is 11.8 Å². The summed E-state index contributed by atoms with van der Waals surface area (Å²) in [6.07, 6.45) is 0. The second-order valence-electron chi connectivity index (χ2n) is 7.39. The van der Waals surface area contributed by atoms with Crippen LogP contribution in [0.1, 0.15) is 34.1 Å². The van der Waals surface area contributed by atoms with Crippen LogP contribution in [-0.2, 0) is 11.3 Å². The zero-order valence-electron chi connectivity index (χ0n) is 15.1. The molecule has 5 heteroatoms. The van der Waals surface area contributed by atoms with Crippen LogP contribution in [0.15, 0.2) is 30.3 Å². The molecule has 2 aliphatic rings. The van der Waals surface area contributed by atoms with Gasteiger partial charge in [0.05, 0.1) is 16.7 Å². The number of likely N-dealkylation sites (tertiary alicyclic amines) is 2. The molecule has 0 N–H and O–H groups in total. The quantitative estimate of drug-likeness (QED) is 0.846. The van der Waals surface area contributed by atoms with E-state index in [0.29, 0.717) is 11.8 Å². The third kappa shape index (κ3) is 3.11. The van der Waals surface area contributed by atoms with Gasteiger partial charge in [0.1, 0.15) is 0 Å². The number of nitrogens with zero attached hydrogens (tertiary/aromatic N) is 3. The van der Waals surface area contributed by atoms with Gasteiger partial charge in [-0.05, 0) is 25.3 Å². The second kappa shape index (κ2) is 6.54. The maximum Gasteiger partial charge on any atom is 0.219 e. The maximum atomic E-state index is 12.2. The van der Waals surface area contributed by atoms with E-state index in [2.05, 4.69) is 52.9 Å². The predicted octanol–water partition coefficient (Wildman–Crippen LogP) is 3.41. The summed E-state index contributed by atoms with van der Waals surface area (Å²) in [5.74, 6) is 1.30. The van der Waals surface area contributed by atoms with Gasteiger partial charge in [0.2, 0.25) is 5.91 Å². The summed E-state index contributed by atoms with van der Waals surface area (Å²) in [6, 6.07) is 10.8. The van der Waals surface area contributed by atoms with Crippen molar-refractivity contribution in [3.63, 3.8) is 0 Å². The molecule has 2 aliphatic heterocycles. The molecular weight excluding hydrogens is 330 g/mol. The van der Waals surface area contributed by atoms with E-state index in [1.165, 1.54) is 16.1 Å². The number of carbonyl (C=O) groups excluding carboxylic acids is 1. The lowest BCUT2D eigenvalue weighted by Gasteiger charge is -2.29. The van der Waals surface area contributed by atoms with E-state index in [9.17, 15) is 4.79 Å². The maximum absolute atomic E-state index is 12.2. The smallest absolute Gasteiger partial charge is 0.219 e. The van der Waals surface area contributed by atoms with Crippen LogP contribution < -0.4 is 0 Å². The fraction of sp³-hybridized carbons (Fsp3) is 0.500. The van der Waals surface area contributed by atoms with Crippen molar-refractivity contribution in [3.05, 3.63) is 51.5 Å². The molecule has 3 atom stereocenters. The fourth-order valence-corrected chi connectivity index (χ4v) is 5.57. The highest BCUT2D eigenvalue weighted by Gasteiger charge is 2.48. The van der Waals surface area contributed by atoms with Crippen molar-refractivity contribution < 1.29 is 4.79 Å². The topological polar surface area (TPSA) is 36.4 Å². The third-order valence-corrected chi connectivity index (χ3v) is 6.71. The SMILES string of the molecule is CC(=O)N1C[C@H]2CN(Cc3sc(C)nc3C)C[C@H]2[C@H]1c1ccccc1. The lowest BCUT2D eigenvalue weighted by Crippen LogP contribution is -2.34.